The summed E-state index contributed by atoms with van der Waals surface area (Å²) in [5.74, 6) is 1.92. The summed E-state index contributed by atoms with van der Waals surface area (Å²) >= 11 is 0. The van der Waals surface area contributed by atoms with Crippen molar-refractivity contribution >= 4 is 17.4 Å². The highest BCUT2D eigenvalue weighted by Crippen LogP contribution is 2.25. The van der Waals surface area contributed by atoms with Crippen molar-refractivity contribution in [3.63, 3.8) is 0 Å². The molecule has 4 rings (SSSR count). The number of pyridine rings is 2. The van der Waals surface area contributed by atoms with Crippen LogP contribution in [0.5, 0.6) is 0 Å². The van der Waals surface area contributed by atoms with Crippen LogP contribution >= 0.6 is 0 Å². The second kappa shape index (κ2) is 9.92. The average molecular weight is 430 g/mol. The lowest BCUT2D eigenvalue weighted by Gasteiger charge is -2.35. The summed E-state index contributed by atoms with van der Waals surface area (Å²) in [6, 6.07) is 18.0. The highest BCUT2D eigenvalue weighted by Gasteiger charge is 2.23. The third-order valence-corrected chi connectivity index (χ3v) is 5.78. The van der Waals surface area contributed by atoms with Gasteiger partial charge in [0.25, 0.3) is 0 Å². The Balaban J connectivity index is 1.61. The van der Waals surface area contributed by atoms with Gasteiger partial charge in [-0.15, -0.1) is 0 Å². The van der Waals surface area contributed by atoms with Gasteiger partial charge < -0.3 is 15.5 Å². The summed E-state index contributed by atoms with van der Waals surface area (Å²) in [6.45, 7) is 7.19. The van der Waals surface area contributed by atoms with Gasteiger partial charge in [-0.05, 0) is 36.1 Å². The van der Waals surface area contributed by atoms with E-state index in [-0.39, 0.29) is 5.78 Å². The molecule has 0 amide bonds. The van der Waals surface area contributed by atoms with Gasteiger partial charge in [0.05, 0.1) is 5.56 Å². The normalized spacial score (nSPS) is 16.2. The zero-order chi connectivity index (χ0) is 22.5. The maximum Gasteiger partial charge on any atom is 0.215 e. The molecule has 1 atom stereocenters. The number of rotatable bonds is 7. The van der Waals surface area contributed by atoms with E-state index in [1.54, 1.807) is 19.3 Å². The van der Waals surface area contributed by atoms with Gasteiger partial charge in [-0.1, -0.05) is 50.2 Å². The van der Waals surface area contributed by atoms with Crippen molar-refractivity contribution in [1.82, 2.24) is 15.3 Å². The number of nitrogens with one attached hydrogen (secondary N) is 2. The van der Waals surface area contributed by atoms with Crippen LogP contribution in [0.4, 0.5) is 11.6 Å². The smallest absolute Gasteiger partial charge is 0.215 e. The molecule has 1 fully saturated rings. The van der Waals surface area contributed by atoms with Crippen LogP contribution in [0.25, 0.3) is 11.1 Å². The van der Waals surface area contributed by atoms with Crippen molar-refractivity contribution in [3.05, 3.63) is 72.1 Å². The summed E-state index contributed by atoms with van der Waals surface area (Å²) in [5, 5.41) is 6.65. The number of ketones is 1. The zero-order valence-electron chi connectivity index (χ0n) is 19.0. The van der Waals surface area contributed by atoms with Gasteiger partial charge in [0.15, 0.2) is 0 Å². The summed E-state index contributed by atoms with van der Waals surface area (Å²) in [4.78, 5) is 25.0. The van der Waals surface area contributed by atoms with Crippen LogP contribution in [0.1, 0.15) is 36.3 Å². The lowest BCUT2D eigenvalue weighted by atomic mass is 10.0. The Morgan fingerprint density at radius 2 is 1.97 bits per heavy atom. The molecule has 3 heterocycles. The first-order valence-corrected chi connectivity index (χ1v) is 11.3. The van der Waals surface area contributed by atoms with Crippen molar-refractivity contribution in [1.29, 1.82) is 0 Å². The molecule has 0 aliphatic carbocycles. The fourth-order valence-corrected chi connectivity index (χ4v) is 4.25. The van der Waals surface area contributed by atoms with Gasteiger partial charge in [0.1, 0.15) is 17.3 Å². The molecule has 6 heteroatoms. The van der Waals surface area contributed by atoms with Crippen molar-refractivity contribution in [3.8, 4) is 11.1 Å². The predicted molar refractivity (Wildman–Crippen MR) is 130 cm³/mol. The third-order valence-electron chi connectivity index (χ3n) is 5.78. The number of carbonyl (C=O) groups is 1. The largest absolute Gasteiger partial charge is 0.373 e. The number of piperazine rings is 1. The third kappa shape index (κ3) is 4.97. The van der Waals surface area contributed by atoms with Crippen LogP contribution < -0.4 is 15.5 Å². The Morgan fingerprint density at radius 3 is 2.72 bits per heavy atom. The number of nitrogens with zero attached hydrogens (tertiary/aromatic N) is 3. The van der Waals surface area contributed by atoms with E-state index in [1.807, 2.05) is 48.5 Å². The molecule has 3 aromatic rings. The number of hydrogen-bond acceptors (Lipinski definition) is 6. The van der Waals surface area contributed by atoms with E-state index in [0.717, 1.165) is 43.0 Å². The van der Waals surface area contributed by atoms with E-state index in [1.165, 1.54) is 0 Å². The summed E-state index contributed by atoms with van der Waals surface area (Å²) in [7, 11) is 1.78. The van der Waals surface area contributed by atoms with Crippen LogP contribution in [-0.2, 0) is 0 Å². The molecule has 0 unspecified atom stereocenters. The quantitative estimate of drug-likeness (QED) is 0.548. The van der Waals surface area contributed by atoms with Crippen molar-refractivity contribution in [2.45, 2.75) is 26.3 Å². The van der Waals surface area contributed by atoms with E-state index in [4.69, 9.17) is 4.98 Å². The average Bonchev–Trinajstić information content (AvgIpc) is 2.83. The molecule has 2 aromatic heterocycles. The molecule has 2 N–H and O–H groups in total. The van der Waals surface area contributed by atoms with Crippen molar-refractivity contribution < 1.29 is 4.79 Å². The highest BCUT2D eigenvalue weighted by molar-refractivity contribution is 6.11. The second-order valence-corrected chi connectivity index (χ2v) is 8.67. The van der Waals surface area contributed by atoms with E-state index in [9.17, 15) is 4.79 Å². The Morgan fingerprint density at radius 1 is 1.16 bits per heavy atom. The molecule has 166 valence electrons. The standard InChI is InChI=1S/C26H31N5O/c1-18(2)14-21-17-31(13-12-28-21)24-11-7-10-23(30-24)25(32)22-15-20(16-29-26(22)27-3)19-8-5-4-6-9-19/h4-11,15-16,18,21,28H,12-14,17H2,1-3H3,(H,27,29)/t21-/m0/s1. The first kappa shape index (κ1) is 22.0. The first-order chi connectivity index (χ1) is 15.5. The minimum Gasteiger partial charge on any atom is -0.373 e. The van der Waals surface area contributed by atoms with Crippen molar-refractivity contribution in [2.24, 2.45) is 5.92 Å². The summed E-state index contributed by atoms with van der Waals surface area (Å²) < 4.78 is 0. The molecule has 32 heavy (non-hydrogen) atoms. The number of anilines is 2. The fraction of sp³-hybridized carbons (Fsp3) is 0.346. The first-order valence-electron chi connectivity index (χ1n) is 11.3. The topological polar surface area (TPSA) is 70.2 Å². The molecule has 0 saturated carbocycles. The van der Waals surface area contributed by atoms with Crippen LogP contribution in [0, 0.1) is 5.92 Å². The molecule has 1 aliphatic heterocycles. The molecule has 1 aliphatic rings. The van der Waals surface area contributed by atoms with E-state index in [0.29, 0.717) is 29.0 Å². The van der Waals surface area contributed by atoms with E-state index >= 15 is 0 Å². The Labute approximate surface area is 190 Å². The molecule has 0 radical (unpaired) electrons. The number of carbonyl (C=O) groups excluding carboxylic acids is 1. The Kier molecular flexibility index (Phi) is 6.81. The molecule has 0 spiro atoms. The lowest BCUT2D eigenvalue weighted by molar-refractivity contribution is 0.103. The molecule has 1 saturated heterocycles. The Hall–Kier alpha value is -3.25. The Bertz CT molecular complexity index is 1070. The molecular formula is C26H31N5O. The lowest BCUT2D eigenvalue weighted by Crippen LogP contribution is -2.51. The zero-order valence-corrected chi connectivity index (χ0v) is 19.0. The SMILES string of the molecule is CNc1ncc(-c2ccccc2)cc1C(=O)c1cccc(N2CCN[C@@H](CC(C)C)C2)n1. The molecule has 1 aromatic carbocycles. The van der Waals surface area contributed by atoms with E-state index in [2.05, 4.69) is 34.4 Å². The molecule has 0 bridgehead atoms. The van der Waals surface area contributed by atoms with Gasteiger partial charge in [-0.25, -0.2) is 9.97 Å². The van der Waals surface area contributed by atoms with Crippen LogP contribution in [-0.4, -0.2) is 48.5 Å². The van der Waals surface area contributed by atoms with Gasteiger partial charge >= 0.3 is 0 Å². The predicted octanol–water partition coefficient (Wildman–Crippen LogP) is 4.24. The number of aromatic nitrogens is 2. The second-order valence-electron chi connectivity index (χ2n) is 8.67. The van der Waals surface area contributed by atoms with Gasteiger partial charge in [0, 0.05) is 44.5 Å². The molecular weight excluding hydrogens is 398 g/mol. The number of hydrogen-bond donors (Lipinski definition) is 2. The monoisotopic (exact) mass is 429 g/mol. The van der Waals surface area contributed by atoms with E-state index < -0.39 is 0 Å². The van der Waals surface area contributed by atoms with Gasteiger partial charge in [-0.2, -0.15) is 0 Å². The summed E-state index contributed by atoms with van der Waals surface area (Å²) in [6.07, 6.45) is 2.91. The minimum atomic E-state index is -0.129. The van der Waals surface area contributed by atoms with Crippen molar-refractivity contribution in [2.75, 3.05) is 36.9 Å². The maximum atomic E-state index is 13.5. The minimum absolute atomic E-state index is 0.129. The number of benzene rings is 1. The fourth-order valence-electron chi connectivity index (χ4n) is 4.25. The molecule has 6 nitrogen and oxygen atoms in total. The van der Waals surface area contributed by atoms with Crippen LogP contribution in [0.2, 0.25) is 0 Å². The van der Waals surface area contributed by atoms with Gasteiger partial charge in [0.2, 0.25) is 5.78 Å². The van der Waals surface area contributed by atoms with Gasteiger partial charge in [-0.3, -0.25) is 4.79 Å². The van der Waals surface area contributed by atoms with Crippen LogP contribution in [0.15, 0.2) is 60.8 Å². The maximum absolute atomic E-state index is 13.5. The van der Waals surface area contributed by atoms with Crippen LogP contribution in [0.3, 0.4) is 0 Å². The highest BCUT2D eigenvalue weighted by atomic mass is 16.1. The summed E-state index contributed by atoms with van der Waals surface area (Å²) in [5.41, 5.74) is 2.89.